The number of hydrogen-bond acceptors (Lipinski definition) is 3. The van der Waals surface area contributed by atoms with Crippen molar-refractivity contribution in [3.8, 4) is 0 Å². The molecule has 1 aliphatic carbocycles. The first-order chi connectivity index (χ1) is 7.13. The molecule has 15 heavy (non-hydrogen) atoms. The Labute approximate surface area is 92.2 Å². The molecule has 3 N–H and O–H groups in total. The third-order valence-corrected chi connectivity index (χ3v) is 2.78. The zero-order valence-corrected chi connectivity index (χ0v) is 9.83. The molecule has 1 rings (SSSR count). The van der Waals surface area contributed by atoms with Gasteiger partial charge in [-0.15, -0.1) is 0 Å². The maximum Gasteiger partial charge on any atom is 0.234 e. The molecule has 0 aliphatic heterocycles. The highest BCUT2D eigenvalue weighted by atomic mass is 16.2. The fourth-order valence-electron chi connectivity index (χ4n) is 1.51. The Bertz CT molecular complexity index is 202. The van der Waals surface area contributed by atoms with E-state index in [2.05, 4.69) is 24.1 Å². The average molecular weight is 213 g/mol. The van der Waals surface area contributed by atoms with Crippen molar-refractivity contribution in [2.45, 2.75) is 32.7 Å². The van der Waals surface area contributed by atoms with Gasteiger partial charge in [-0.25, -0.2) is 0 Å². The van der Waals surface area contributed by atoms with Gasteiger partial charge in [0, 0.05) is 25.7 Å². The van der Waals surface area contributed by atoms with E-state index in [0.717, 1.165) is 19.0 Å². The zero-order valence-electron chi connectivity index (χ0n) is 9.83. The van der Waals surface area contributed by atoms with Crippen LogP contribution >= 0.6 is 0 Å². The number of rotatable bonds is 7. The Morgan fingerprint density at radius 2 is 2.20 bits per heavy atom. The minimum Gasteiger partial charge on any atom is -0.355 e. The molecule has 0 aromatic carbocycles. The van der Waals surface area contributed by atoms with Gasteiger partial charge in [0.2, 0.25) is 5.91 Å². The lowest BCUT2D eigenvalue weighted by Gasteiger charge is -2.24. The first-order valence-electron chi connectivity index (χ1n) is 5.84. The second kappa shape index (κ2) is 6.08. The van der Waals surface area contributed by atoms with E-state index in [4.69, 9.17) is 5.73 Å². The maximum absolute atomic E-state index is 11.6. The van der Waals surface area contributed by atoms with Gasteiger partial charge in [-0.3, -0.25) is 9.69 Å². The monoisotopic (exact) mass is 213 g/mol. The van der Waals surface area contributed by atoms with Crippen molar-refractivity contribution < 1.29 is 4.79 Å². The van der Waals surface area contributed by atoms with Gasteiger partial charge in [-0.2, -0.15) is 0 Å². The molecule has 0 heterocycles. The van der Waals surface area contributed by atoms with Gasteiger partial charge in [0.15, 0.2) is 0 Å². The van der Waals surface area contributed by atoms with Gasteiger partial charge in [0.25, 0.3) is 0 Å². The van der Waals surface area contributed by atoms with Crippen LogP contribution in [-0.2, 0) is 4.79 Å². The van der Waals surface area contributed by atoms with Crippen molar-refractivity contribution in [3.05, 3.63) is 0 Å². The van der Waals surface area contributed by atoms with Crippen LogP contribution in [0.1, 0.15) is 26.7 Å². The average Bonchev–Trinajstić information content (AvgIpc) is 2.97. The molecule has 1 aliphatic rings. The third kappa shape index (κ3) is 5.14. The van der Waals surface area contributed by atoms with E-state index >= 15 is 0 Å². The third-order valence-electron chi connectivity index (χ3n) is 2.78. The number of carbonyl (C=O) groups is 1. The van der Waals surface area contributed by atoms with Gasteiger partial charge < -0.3 is 11.1 Å². The normalized spacial score (nSPS) is 16.1. The highest BCUT2D eigenvalue weighted by Gasteiger charge is 2.22. The second-order valence-electron chi connectivity index (χ2n) is 4.60. The van der Waals surface area contributed by atoms with E-state index in [0.29, 0.717) is 19.1 Å². The number of carbonyl (C=O) groups excluding carboxylic acids is 1. The minimum absolute atomic E-state index is 0.129. The van der Waals surface area contributed by atoms with Gasteiger partial charge in [-0.05, 0) is 32.6 Å². The summed E-state index contributed by atoms with van der Waals surface area (Å²) in [6.07, 6.45) is 2.55. The van der Waals surface area contributed by atoms with E-state index in [9.17, 15) is 4.79 Å². The van der Waals surface area contributed by atoms with Crippen LogP contribution < -0.4 is 11.1 Å². The topological polar surface area (TPSA) is 58.4 Å². The second-order valence-corrected chi connectivity index (χ2v) is 4.60. The van der Waals surface area contributed by atoms with Crippen molar-refractivity contribution in [3.63, 3.8) is 0 Å². The SMILES string of the molecule is CC(C)N(CCN)CC(=O)NCC1CC1. The molecule has 4 heteroatoms. The Morgan fingerprint density at radius 3 is 2.67 bits per heavy atom. The van der Waals surface area contributed by atoms with E-state index in [1.807, 2.05) is 0 Å². The maximum atomic E-state index is 11.6. The van der Waals surface area contributed by atoms with Gasteiger partial charge in [0.05, 0.1) is 6.54 Å². The molecule has 0 spiro atoms. The van der Waals surface area contributed by atoms with Crippen LogP contribution in [-0.4, -0.2) is 43.0 Å². The highest BCUT2D eigenvalue weighted by molar-refractivity contribution is 5.78. The zero-order chi connectivity index (χ0) is 11.3. The Kier molecular flexibility index (Phi) is 5.05. The minimum atomic E-state index is 0.129. The number of nitrogens with zero attached hydrogens (tertiary/aromatic N) is 1. The molecule has 0 unspecified atom stereocenters. The van der Waals surface area contributed by atoms with Gasteiger partial charge >= 0.3 is 0 Å². The van der Waals surface area contributed by atoms with E-state index in [1.54, 1.807) is 0 Å². The Morgan fingerprint density at radius 1 is 1.53 bits per heavy atom. The molecule has 0 aromatic heterocycles. The number of hydrogen-bond donors (Lipinski definition) is 2. The molecular formula is C11H23N3O. The standard InChI is InChI=1S/C11H23N3O/c1-9(2)14(6-5-12)8-11(15)13-7-10-3-4-10/h9-10H,3-8,12H2,1-2H3,(H,13,15). The molecule has 1 saturated carbocycles. The number of nitrogens with two attached hydrogens (primary N) is 1. The summed E-state index contributed by atoms with van der Waals surface area (Å²) in [5.74, 6) is 0.875. The lowest BCUT2D eigenvalue weighted by molar-refractivity contribution is -0.122. The van der Waals surface area contributed by atoms with Crippen LogP contribution in [0, 0.1) is 5.92 Å². The molecule has 4 nitrogen and oxygen atoms in total. The summed E-state index contributed by atoms with van der Waals surface area (Å²) in [6.45, 7) is 6.89. The predicted molar refractivity (Wildman–Crippen MR) is 61.5 cm³/mol. The van der Waals surface area contributed by atoms with Crippen LogP contribution in [0.5, 0.6) is 0 Å². The largest absolute Gasteiger partial charge is 0.355 e. The first-order valence-corrected chi connectivity index (χ1v) is 5.84. The van der Waals surface area contributed by atoms with Gasteiger partial charge in [0.1, 0.15) is 0 Å². The van der Waals surface area contributed by atoms with Crippen molar-refractivity contribution in [2.24, 2.45) is 11.7 Å². The molecule has 1 fully saturated rings. The first kappa shape index (κ1) is 12.5. The quantitative estimate of drug-likeness (QED) is 0.634. The highest BCUT2D eigenvalue weighted by Crippen LogP contribution is 2.27. The Hall–Kier alpha value is -0.610. The number of nitrogens with one attached hydrogen (secondary N) is 1. The summed E-state index contributed by atoms with van der Waals surface area (Å²) >= 11 is 0. The fraction of sp³-hybridized carbons (Fsp3) is 0.909. The summed E-state index contributed by atoms with van der Waals surface area (Å²) in [5.41, 5.74) is 5.50. The van der Waals surface area contributed by atoms with Crippen molar-refractivity contribution in [2.75, 3.05) is 26.2 Å². The molecule has 0 saturated heterocycles. The summed E-state index contributed by atoms with van der Waals surface area (Å²) in [7, 11) is 0. The molecule has 1 amide bonds. The summed E-state index contributed by atoms with van der Waals surface area (Å²) in [5, 5.41) is 2.97. The van der Waals surface area contributed by atoms with E-state index < -0.39 is 0 Å². The van der Waals surface area contributed by atoms with E-state index in [1.165, 1.54) is 12.8 Å². The van der Waals surface area contributed by atoms with Crippen molar-refractivity contribution in [1.82, 2.24) is 10.2 Å². The Balaban J connectivity index is 2.19. The molecule has 0 bridgehead atoms. The lowest BCUT2D eigenvalue weighted by Crippen LogP contribution is -2.43. The van der Waals surface area contributed by atoms with Crippen LogP contribution in [0.2, 0.25) is 0 Å². The summed E-state index contributed by atoms with van der Waals surface area (Å²) in [4.78, 5) is 13.7. The fourth-order valence-corrected chi connectivity index (χ4v) is 1.51. The number of amides is 1. The smallest absolute Gasteiger partial charge is 0.234 e. The summed E-state index contributed by atoms with van der Waals surface area (Å²) < 4.78 is 0. The molecular weight excluding hydrogens is 190 g/mol. The van der Waals surface area contributed by atoms with Crippen LogP contribution in [0.25, 0.3) is 0 Å². The molecule has 0 aromatic rings. The van der Waals surface area contributed by atoms with Gasteiger partial charge in [-0.1, -0.05) is 0 Å². The van der Waals surface area contributed by atoms with E-state index in [-0.39, 0.29) is 5.91 Å². The van der Waals surface area contributed by atoms with Crippen molar-refractivity contribution in [1.29, 1.82) is 0 Å². The van der Waals surface area contributed by atoms with Crippen molar-refractivity contribution >= 4 is 5.91 Å². The summed E-state index contributed by atoms with van der Waals surface area (Å²) in [6, 6.07) is 0.375. The van der Waals surface area contributed by atoms with Crippen LogP contribution in [0.4, 0.5) is 0 Å². The predicted octanol–water partition coefficient (Wildman–Crippen LogP) is 0.182. The molecule has 88 valence electrons. The molecule has 0 radical (unpaired) electrons. The molecule has 0 atom stereocenters. The lowest BCUT2D eigenvalue weighted by atomic mass is 10.3. The van der Waals surface area contributed by atoms with Crippen LogP contribution in [0.15, 0.2) is 0 Å². The van der Waals surface area contributed by atoms with Crippen LogP contribution in [0.3, 0.4) is 0 Å².